The molecule has 1 heterocycles. The molecule has 0 aromatic heterocycles. The van der Waals surface area contributed by atoms with E-state index in [1.54, 1.807) is 0 Å². The number of nitrogens with zero attached hydrogens (tertiary/aromatic N) is 1. The van der Waals surface area contributed by atoms with E-state index in [9.17, 15) is 0 Å². The van der Waals surface area contributed by atoms with Crippen molar-refractivity contribution in [1.82, 2.24) is 0 Å². The smallest absolute Gasteiger partial charge is 0.0413 e. The van der Waals surface area contributed by atoms with Crippen LogP contribution in [0.25, 0.3) is 0 Å². The minimum absolute atomic E-state index is 0.869. The first-order valence-corrected chi connectivity index (χ1v) is 3.45. The van der Waals surface area contributed by atoms with Crippen molar-refractivity contribution in [2.24, 2.45) is 16.8 Å². The molecule has 1 heteroatoms. The van der Waals surface area contributed by atoms with Gasteiger partial charge < -0.3 is 0 Å². The summed E-state index contributed by atoms with van der Waals surface area (Å²) in [4.78, 5) is 4.28. The van der Waals surface area contributed by atoms with Crippen molar-refractivity contribution in [3.05, 3.63) is 0 Å². The average Bonchev–Trinajstić information content (AvgIpc) is 2.12. The zero-order valence-electron chi connectivity index (χ0n) is 5.01. The maximum absolute atomic E-state index is 4.28. The Kier molecular flexibility index (Phi) is 0.893. The molecule has 0 aromatic rings. The summed E-state index contributed by atoms with van der Waals surface area (Å²) in [5, 5.41) is 0. The van der Waals surface area contributed by atoms with Crippen molar-refractivity contribution < 1.29 is 0 Å². The van der Waals surface area contributed by atoms with Crippen LogP contribution in [0.2, 0.25) is 0 Å². The summed E-state index contributed by atoms with van der Waals surface area (Å²) in [5.41, 5.74) is 0. The molecule has 0 spiro atoms. The molecule has 2 aliphatic rings. The number of aliphatic imine (C=N–C) groups is 1. The summed E-state index contributed by atoms with van der Waals surface area (Å²) in [7, 11) is 0. The fourth-order valence-electron chi connectivity index (χ4n) is 1.77. The van der Waals surface area contributed by atoms with Gasteiger partial charge in [-0.25, -0.2) is 0 Å². The van der Waals surface area contributed by atoms with E-state index < -0.39 is 0 Å². The first-order chi connectivity index (χ1) is 3.95. The van der Waals surface area contributed by atoms with Gasteiger partial charge in [-0.3, -0.25) is 4.99 Å². The molecule has 1 aliphatic carbocycles. The fraction of sp³-hybridized carbons (Fsp3) is 0.857. The predicted octanol–water partition coefficient (Wildman–Crippen LogP) is 1.49. The van der Waals surface area contributed by atoms with Gasteiger partial charge in [-0.1, -0.05) is 0 Å². The lowest BCUT2D eigenvalue weighted by molar-refractivity contribution is 0.537. The Morgan fingerprint density at radius 2 is 2.38 bits per heavy atom. The van der Waals surface area contributed by atoms with E-state index in [-0.39, 0.29) is 0 Å². The largest absolute Gasteiger partial charge is 0.297 e. The van der Waals surface area contributed by atoms with Crippen LogP contribution in [0.3, 0.4) is 0 Å². The lowest BCUT2D eigenvalue weighted by Crippen LogP contribution is -2.07. The van der Waals surface area contributed by atoms with Gasteiger partial charge in [0.15, 0.2) is 0 Å². The first-order valence-electron chi connectivity index (χ1n) is 3.45. The van der Waals surface area contributed by atoms with E-state index in [0.717, 1.165) is 18.4 Å². The number of hydrogen-bond acceptors (Lipinski definition) is 1. The Morgan fingerprint density at radius 3 is 3.12 bits per heavy atom. The molecule has 1 fully saturated rings. The van der Waals surface area contributed by atoms with E-state index >= 15 is 0 Å². The van der Waals surface area contributed by atoms with Crippen LogP contribution in [0.4, 0.5) is 0 Å². The Bertz CT molecular complexity index is 118. The van der Waals surface area contributed by atoms with Gasteiger partial charge in [0.1, 0.15) is 0 Å². The molecule has 2 rings (SSSR count). The number of fused-ring (bicyclic) bond motifs is 2. The zero-order chi connectivity index (χ0) is 5.40. The molecule has 0 aromatic carbocycles. The van der Waals surface area contributed by atoms with Crippen molar-refractivity contribution in [3.63, 3.8) is 0 Å². The van der Waals surface area contributed by atoms with Gasteiger partial charge in [0.05, 0.1) is 0 Å². The van der Waals surface area contributed by atoms with Gasteiger partial charge in [-0.15, -0.1) is 0 Å². The maximum atomic E-state index is 4.28. The van der Waals surface area contributed by atoms with Crippen molar-refractivity contribution in [2.75, 3.05) is 6.54 Å². The average molecular weight is 109 g/mol. The molecule has 0 amide bonds. The van der Waals surface area contributed by atoms with Crippen LogP contribution in [-0.2, 0) is 0 Å². The Labute approximate surface area is 49.8 Å². The summed E-state index contributed by atoms with van der Waals surface area (Å²) in [6.07, 6.45) is 6.44. The van der Waals surface area contributed by atoms with E-state index in [0.29, 0.717) is 0 Å². The Morgan fingerprint density at radius 1 is 1.38 bits per heavy atom. The summed E-state index contributed by atoms with van der Waals surface area (Å²) in [5.74, 6) is 1.83. The van der Waals surface area contributed by atoms with Crippen LogP contribution >= 0.6 is 0 Å². The highest BCUT2D eigenvalue weighted by Gasteiger charge is 2.25. The van der Waals surface area contributed by atoms with E-state index in [1.807, 2.05) is 0 Å². The van der Waals surface area contributed by atoms with Gasteiger partial charge >= 0.3 is 0 Å². The van der Waals surface area contributed by atoms with Gasteiger partial charge in [0.25, 0.3) is 0 Å². The molecule has 2 bridgehead atoms. The van der Waals surface area contributed by atoms with Crippen LogP contribution in [-0.4, -0.2) is 12.8 Å². The maximum Gasteiger partial charge on any atom is 0.0413 e. The third-order valence-corrected chi connectivity index (χ3v) is 2.26. The van der Waals surface area contributed by atoms with Crippen LogP contribution in [0.15, 0.2) is 4.99 Å². The topological polar surface area (TPSA) is 12.4 Å². The predicted molar refractivity (Wildman–Crippen MR) is 34.2 cm³/mol. The lowest BCUT2D eigenvalue weighted by Gasteiger charge is -2.09. The molecule has 0 saturated heterocycles. The van der Waals surface area contributed by atoms with Crippen molar-refractivity contribution in [1.29, 1.82) is 0 Å². The third kappa shape index (κ3) is 0.575. The molecule has 1 aliphatic heterocycles. The van der Waals surface area contributed by atoms with Gasteiger partial charge in [-0.05, 0) is 31.1 Å². The SMILES string of the molecule is C1=NCC2CCC1C2. The van der Waals surface area contributed by atoms with Crippen molar-refractivity contribution in [3.8, 4) is 0 Å². The molecule has 2 atom stereocenters. The Hall–Kier alpha value is -0.330. The molecule has 2 unspecified atom stereocenters. The second-order valence-corrected chi connectivity index (χ2v) is 2.95. The Balaban J connectivity index is 2.17. The number of hydrogen-bond donors (Lipinski definition) is 0. The highest BCUT2D eigenvalue weighted by molar-refractivity contribution is 5.62. The monoisotopic (exact) mass is 109 g/mol. The van der Waals surface area contributed by atoms with Gasteiger partial charge in [-0.2, -0.15) is 0 Å². The highest BCUT2D eigenvalue weighted by atomic mass is 14.7. The standard InChI is InChI=1S/C7H11N/c1-2-7-3-6(1)4-8-5-7/h4,6-7H,1-3,5H2. The summed E-state index contributed by atoms with van der Waals surface area (Å²) in [6, 6.07) is 0. The summed E-state index contributed by atoms with van der Waals surface area (Å²) in [6.45, 7) is 1.12. The number of rotatable bonds is 0. The molecule has 8 heavy (non-hydrogen) atoms. The molecular formula is C7H11N. The lowest BCUT2D eigenvalue weighted by atomic mass is 10.0. The zero-order valence-corrected chi connectivity index (χ0v) is 5.01. The normalized spacial score (nSPS) is 43.0. The molecule has 1 saturated carbocycles. The van der Waals surface area contributed by atoms with Gasteiger partial charge in [0, 0.05) is 12.8 Å². The highest BCUT2D eigenvalue weighted by Crippen LogP contribution is 2.32. The summed E-state index contributed by atoms with van der Waals surface area (Å²) < 4.78 is 0. The fourth-order valence-corrected chi connectivity index (χ4v) is 1.77. The van der Waals surface area contributed by atoms with Crippen molar-refractivity contribution in [2.45, 2.75) is 19.3 Å². The molecule has 1 nitrogen and oxygen atoms in total. The van der Waals surface area contributed by atoms with Crippen LogP contribution in [0.5, 0.6) is 0 Å². The second-order valence-electron chi connectivity index (χ2n) is 2.95. The van der Waals surface area contributed by atoms with Crippen LogP contribution in [0.1, 0.15) is 19.3 Å². The van der Waals surface area contributed by atoms with Crippen LogP contribution < -0.4 is 0 Å². The van der Waals surface area contributed by atoms with E-state index in [4.69, 9.17) is 0 Å². The first kappa shape index (κ1) is 4.54. The molecule has 0 radical (unpaired) electrons. The third-order valence-electron chi connectivity index (χ3n) is 2.26. The summed E-state index contributed by atoms with van der Waals surface area (Å²) >= 11 is 0. The van der Waals surface area contributed by atoms with Crippen molar-refractivity contribution >= 4 is 6.21 Å². The molecule has 0 N–H and O–H groups in total. The molecule has 44 valence electrons. The van der Waals surface area contributed by atoms with E-state index in [2.05, 4.69) is 11.2 Å². The minimum Gasteiger partial charge on any atom is -0.297 e. The quantitative estimate of drug-likeness (QED) is 0.447. The molecular weight excluding hydrogens is 98.1 g/mol. The van der Waals surface area contributed by atoms with Gasteiger partial charge in [0.2, 0.25) is 0 Å². The van der Waals surface area contributed by atoms with Crippen LogP contribution in [0, 0.1) is 11.8 Å². The minimum atomic E-state index is 0.869. The second kappa shape index (κ2) is 1.57. The van der Waals surface area contributed by atoms with E-state index in [1.165, 1.54) is 19.3 Å².